The topological polar surface area (TPSA) is 41.2 Å². The quantitative estimate of drug-likeness (QED) is 0.644. The van der Waals surface area contributed by atoms with Crippen molar-refractivity contribution in [2.75, 3.05) is 0 Å². The molecule has 110 valence electrons. The number of phenols is 1. The van der Waals surface area contributed by atoms with Gasteiger partial charge in [0.05, 0.1) is 10.4 Å². The lowest BCUT2D eigenvalue weighted by Crippen LogP contribution is -2.46. The van der Waals surface area contributed by atoms with E-state index in [-0.39, 0.29) is 11.7 Å². The molecule has 0 radical (unpaired) electrons. The van der Waals surface area contributed by atoms with Crippen LogP contribution < -0.4 is 4.57 Å². The molecule has 0 unspecified atom stereocenters. The summed E-state index contributed by atoms with van der Waals surface area (Å²) in [6.45, 7) is 1.82. The monoisotopic (exact) mass is 376 g/mol. The van der Waals surface area contributed by atoms with E-state index in [1.54, 1.807) is 30.3 Å². The third-order valence-electron chi connectivity index (χ3n) is 3.49. The highest BCUT2D eigenvalue weighted by Gasteiger charge is 2.28. The minimum atomic E-state index is -0.282. The van der Waals surface area contributed by atoms with Crippen LogP contribution in [0, 0.1) is 6.92 Å². The van der Waals surface area contributed by atoms with Crippen molar-refractivity contribution in [1.29, 1.82) is 0 Å². The van der Waals surface area contributed by atoms with Crippen LogP contribution >= 0.6 is 27.5 Å². The summed E-state index contributed by atoms with van der Waals surface area (Å²) in [5, 5.41) is 11.3. The number of rotatable bonds is 1. The molecule has 0 aliphatic carbocycles. The third kappa shape index (κ3) is 2.49. The number of hydrogen-bond donors (Lipinski definition) is 1. The molecule has 0 atom stereocenters. The average molecular weight is 378 g/mol. The Kier molecular flexibility index (Phi) is 3.89. The van der Waals surface area contributed by atoms with Gasteiger partial charge >= 0.3 is 5.91 Å². The minimum Gasteiger partial charge on any atom is -0.502 e. The lowest BCUT2D eigenvalue weighted by atomic mass is 10.1. The fourth-order valence-corrected chi connectivity index (χ4v) is 2.99. The second-order valence-corrected chi connectivity index (χ2v) is 6.28. The molecular weight excluding hydrogens is 366 g/mol. The Bertz CT molecular complexity index is 909. The smallest absolute Gasteiger partial charge is 0.427 e. The molecule has 0 saturated heterocycles. The van der Waals surface area contributed by atoms with E-state index < -0.39 is 0 Å². The lowest BCUT2D eigenvalue weighted by Gasteiger charge is -2.06. The lowest BCUT2D eigenvalue weighted by molar-refractivity contribution is -0.550. The van der Waals surface area contributed by atoms with E-state index >= 15 is 0 Å². The number of hydrogen-bond acceptors (Lipinski definition) is 2. The highest BCUT2D eigenvalue weighted by Crippen LogP contribution is 2.24. The number of carbonyl (C=O) groups is 1. The molecule has 1 aromatic heterocycles. The van der Waals surface area contributed by atoms with Gasteiger partial charge in [0.1, 0.15) is 5.56 Å². The second kappa shape index (κ2) is 5.71. The molecule has 1 N–H and O–H groups in total. The van der Waals surface area contributed by atoms with Gasteiger partial charge in [0.15, 0.2) is 11.4 Å². The van der Waals surface area contributed by atoms with Crippen LogP contribution in [0.15, 0.2) is 53.0 Å². The predicted molar refractivity (Wildman–Crippen MR) is 89.4 cm³/mol. The van der Waals surface area contributed by atoms with Crippen molar-refractivity contribution in [3.63, 3.8) is 0 Å². The standard InChI is InChI=1S/C17H11BrClNO2/c1-10-5-6-11-3-2-4-15(21)16(11)20(10)17(22)13-9-12(18)7-8-14(13)19/h2-9H,1H3/p+1. The summed E-state index contributed by atoms with van der Waals surface area (Å²) in [6.07, 6.45) is 0. The fraction of sp³-hybridized carbons (Fsp3) is 0.0588. The number of halogens is 2. The summed E-state index contributed by atoms with van der Waals surface area (Å²) in [6, 6.07) is 14.0. The molecule has 0 bridgehead atoms. The maximum absolute atomic E-state index is 13.0. The Morgan fingerprint density at radius 1 is 1.18 bits per heavy atom. The number of aromatic hydroxyl groups is 1. The second-order valence-electron chi connectivity index (χ2n) is 4.95. The van der Waals surface area contributed by atoms with E-state index in [9.17, 15) is 9.90 Å². The van der Waals surface area contributed by atoms with E-state index in [1.807, 2.05) is 25.1 Å². The summed E-state index contributed by atoms with van der Waals surface area (Å²) >= 11 is 9.52. The summed E-state index contributed by atoms with van der Waals surface area (Å²) < 4.78 is 2.25. The first-order chi connectivity index (χ1) is 10.5. The Labute approximate surface area is 140 Å². The van der Waals surface area contributed by atoms with E-state index in [0.29, 0.717) is 16.1 Å². The Balaban J connectivity index is 2.32. The highest BCUT2D eigenvalue weighted by molar-refractivity contribution is 9.10. The zero-order chi connectivity index (χ0) is 15.9. The SMILES string of the molecule is Cc1ccc2cccc(O)c2[n+]1C(=O)c1cc(Br)ccc1Cl. The van der Waals surface area contributed by atoms with Crippen molar-refractivity contribution >= 4 is 44.3 Å². The van der Waals surface area contributed by atoms with Crippen LogP contribution in [0.2, 0.25) is 5.02 Å². The van der Waals surface area contributed by atoms with Crippen molar-refractivity contribution < 1.29 is 14.5 Å². The maximum Gasteiger partial charge on any atom is 0.427 e. The van der Waals surface area contributed by atoms with Gasteiger partial charge in [0.25, 0.3) is 5.52 Å². The van der Waals surface area contributed by atoms with Gasteiger partial charge in [-0.25, -0.2) is 4.79 Å². The number of pyridine rings is 1. The summed E-state index contributed by atoms with van der Waals surface area (Å²) in [5.74, 6) is -0.225. The predicted octanol–water partition coefficient (Wildman–Crippen LogP) is 4.25. The first kappa shape index (κ1) is 15.0. The van der Waals surface area contributed by atoms with E-state index in [0.717, 1.165) is 15.6 Å². The largest absolute Gasteiger partial charge is 0.502 e. The first-order valence-electron chi connectivity index (χ1n) is 6.62. The molecule has 0 spiro atoms. The van der Waals surface area contributed by atoms with Crippen LogP contribution in [0.3, 0.4) is 0 Å². The number of nitrogens with zero attached hydrogens (tertiary/aromatic N) is 1. The molecule has 0 aliphatic heterocycles. The van der Waals surface area contributed by atoms with E-state index in [2.05, 4.69) is 15.9 Å². The molecule has 0 saturated carbocycles. The Morgan fingerprint density at radius 2 is 1.95 bits per heavy atom. The summed E-state index contributed by atoms with van der Waals surface area (Å²) in [4.78, 5) is 13.0. The zero-order valence-electron chi connectivity index (χ0n) is 11.7. The number of benzene rings is 2. The average Bonchev–Trinajstić information content (AvgIpc) is 2.50. The zero-order valence-corrected chi connectivity index (χ0v) is 14.0. The molecule has 0 amide bonds. The van der Waals surface area contributed by atoms with Crippen LogP contribution in [-0.2, 0) is 0 Å². The van der Waals surface area contributed by atoms with Crippen LogP contribution in [0.4, 0.5) is 0 Å². The third-order valence-corrected chi connectivity index (χ3v) is 4.31. The van der Waals surface area contributed by atoms with Gasteiger partial charge in [-0.05, 0) is 36.4 Å². The molecule has 3 aromatic rings. The summed E-state index contributed by atoms with van der Waals surface area (Å²) in [7, 11) is 0. The fourth-order valence-electron chi connectivity index (χ4n) is 2.43. The van der Waals surface area contributed by atoms with Crippen molar-refractivity contribution in [1.82, 2.24) is 0 Å². The van der Waals surface area contributed by atoms with Gasteiger partial charge < -0.3 is 5.11 Å². The van der Waals surface area contributed by atoms with Gasteiger partial charge in [0, 0.05) is 17.5 Å². The van der Waals surface area contributed by atoms with Crippen LogP contribution in [0.5, 0.6) is 5.75 Å². The number of para-hydroxylation sites is 1. The van der Waals surface area contributed by atoms with Gasteiger partial charge in [-0.2, -0.15) is 0 Å². The van der Waals surface area contributed by atoms with Crippen molar-refractivity contribution in [2.45, 2.75) is 6.92 Å². The molecule has 0 fully saturated rings. The number of carbonyl (C=O) groups excluding carboxylic acids is 1. The Morgan fingerprint density at radius 3 is 2.73 bits per heavy atom. The highest BCUT2D eigenvalue weighted by atomic mass is 79.9. The maximum atomic E-state index is 13.0. The molecule has 5 heteroatoms. The molecular formula is C17H12BrClNO2+. The van der Waals surface area contributed by atoms with E-state index in [1.165, 1.54) is 4.57 Å². The normalized spacial score (nSPS) is 10.9. The number of aryl methyl sites for hydroxylation is 1. The molecule has 3 nitrogen and oxygen atoms in total. The molecule has 0 aliphatic rings. The molecule has 3 rings (SSSR count). The van der Waals surface area contributed by atoms with Gasteiger partial charge in [0.2, 0.25) is 0 Å². The number of fused-ring (bicyclic) bond motifs is 1. The van der Waals surface area contributed by atoms with Crippen LogP contribution in [0.1, 0.15) is 16.1 Å². The van der Waals surface area contributed by atoms with Crippen molar-refractivity contribution in [3.8, 4) is 5.75 Å². The molecule has 2 aromatic carbocycles. The van der Waals surface area contributed by atoms with Crippen molar-refractivity contribution in [3.05, 3.63) is 69.3 Å². The number of phenolic OH excluding ortho intramolecular Hbond substituents is 1. The van der Waals surface area contributed by atoms with Gasteiger partial charge in [-0.1, -0.05) is 33.6 Å². The van der Waals surface area contributed by atoms with Crippen molar-refractivity contribution in [2.24, 2.45) is 0 Å². The molecule has 22 heavy (non-hydrogen) atoms. The van der Waals surface area contributed by atoms with Gasteiger partial charge in [-0.15, -0.1) is 4.57 Å². The van der Waals surface area contributed by atoms with Crippen LogP contribution in [-0.4, -0.2) is 11.0 Å². The minimum absolute atomic E-state index is 0.0562. The van der Waals surface area contributed by atoms with E-state index in [4.69, 9.17) is 11.6 Å². The van der Waals surface area contributed by atoms with Gasteiger partial charge in [-0.3, -0.25) is 0 Å². The Hall–Kier alpha value is -1.91. The first-order valence-corrected chi connectivity index (χ1v) is 7.79. The molecule has 1 heterocycles. The number of aromatic nitrogens is 1. The van der Waals surface area contributed by atoms with Crippen LogP contribution in [0.25, 0.3) is 10.9 Å². The summed E-state index contributed by atoms with van der Waals surface area (Å²) in [5.41, 5.74) is 1.57.